The van der Waals surface area contributed by atoms with Gasteiger partial charge in [-0.3, -0.25) is 0 Å². The molecule has 0 unspecified atom stereocenters. The van der Waals surface area contributed by atoms with Crippen LogP contribution in [-0.2, 0) is 9.47 Å². The van der Waals surface area contributed by atoms with Crippen LogP contribution < -0.4 is 0 Å². The molecule has 2 aromatic heterocycles. The van der Waals surface area contributed by atoms with Crippen molar-refractivity contribution in [2.75, 3.05) is 0 Å². The number of aliphatic hydroxyl groups is 2. The van der Waals surface area contributed by atoms with Crippen molar-refractivity contribution in [3.05, 3.63) is 105 Å². The Morgan fingerprint density at radius 3 is 1.92 bits per heavy atom. The highest BCUT2D eigenvalue weighted by Gasteiger charge is 2.39. The van der Waals surface area contributed by atoms with Gasteiger partial charge in [0, 0.05) is 34.4 Å². The van der Waals surface area contributed by atoms with Crippen LogP contribution in [0.25, 0.3) is 12.2 Å². The van der Waals surface area contributed by atoms with Crippen LogP contribution in [0.15, 0.2) is 83.2 Å². The monoisotopic (exact) mass is 758 g/mol. The molecule has 4 aliphatic rings. The van der Waals surface area contributed by atoms with E-state index in [1.54, 1.807) is 23.8 Å². The number of aromatic nitrogens is 2. The van der Waals surface area contributed by atoms with Crippen LogP contribution in [0.2, 0.25) is 0 Å². The fraction of sp³-hybridized carbons (Fsp3) is 0.488. The summed E-state index contributed by atoms with van der Waals surface area (Å²) in [5.41, 5.74) is 0.427. The van der Waals surface area contributed by atoms with Crippen molar-refractivity contribution in [1.82, 2.24) is 9.97 Å². The first-order chi connectivity index (χ1) is 25.2. The molecule has 2 aliphatic heterocycles. The summed E-state index contributed by atoms with van der Waals surface area (Å²) < 4.78 is 12.1. The quantitative estimate of drug-likeness (QED) is 0.229. The van der Waals surface area contributed by atoms with Crippen molar-refractivity contribution >= 4 is 46.8 Å². The van der Waals surface area contributed by atoms with E-state index in [0.717, 1.165) is 12.8 Å². The molecule has 8 atom stereocenters. The summed E-state index contributed by atoms with van der Waals surface area (Å²) in [4.78, 5) is 35.7. The molecule has 0 radical (unpaired) electrons. The van der Waals surface area contributed by atoms with E-state index in [0.29, 0.717) is 46.5 Å². The summed E-state index contributed by atoms with van der Waals surface area (Å²) in [5, 5.41) is 26.4. The van der Waals surface area contributed by atoms with Crippen LogP contribution in [0.4, 0.5) is 0 Å². The molecule has 6 bridgehead atoms. The number of thiazole rings is 2. The molecular formula is C43H54N2O6S2. The summed E-state index contributed by atoms with van der Waals surface area (Å²) in [6, 6.07) is 0. The molecule has 2 N–H and O–H groups in total. The first-order valence-corrected chi connectivity index (χ1v) is 20.3. The van der Waals surface area contributed by atoms with E-state index < -0.39 is 47.2 Å². The van der Waals surface area contributed by atoms with Crippen LogP contribution in [0.1, 0.15) is 105 Å². The number of aliphatic hydroxyl groups excluding tert-OH is 2. The second-order valence-corrected chi connectivity index (χ2v) is 17.4. The smallest absolute Gasteiger partial charge is 0.358 e. The highest BCUT2D eigenvalue weighted by molar-refractivity contribution is 7.11. The molecule has 0 spiro atoms. The van der Waals surface area contributed by atoms with E-state index >= 15 is 0 Å². The minimum absolute atomic E-state index is 0.253. The SMILES string of the molecule is C/C=C/[C@H](O)C(C)(C)[C@@H]1C/C=C\[C@@H]2C/C(=C\C=C/c3nc(cs3)C(=O)O[C@H](C(C)(C)[C@H](C)O)C/C=C\[C@H]3C[C@H]3/C=C/C=C\c3nc(cs3)C(=O)O1)[C@@H]2C. The largest absolute Gasteiger partial charge is 0.457 e. The first-order valence-electron chi connectivity index (χ1n) is 18.6. The molecule has 4 heterocycles. The summed E-state index contributed by atoms with van der Waals surface area (Å²) >= 11 is 2.76. The number of hydrogen-bond donors (Lipinski definition) is 2. The van der Waals surface area contributed by atoms with Gasteiger partial charge in [0.1, 0.15) is 22.2 Å². The van der Waals surface area contributed by atoms with Crippen LogP contribution in [0.5, 0.6) is 0 Å². The van der Waals surface area contributed by atoms with Crippen molar-refractivity contribution in [2.24, 2.45) is 34.5 Å². The number of carbonyl (C=O) groups excluding carboxylic acids is 2. The number of nitrogens with zero attached hydrogens (tertiary/aromatic N) is 2. The van der Waals surface area contributed by atoms with Crippen molar-refractivity contribution in [2.45, 2.75) is 98.6 Å². The highest BCUT2D eigenvalue weighted by Crippen LogP contribution is 2.42. The second-order valence-electron chi connectivity index (χ2n) is 15.6. The Balaban J connectivity index is 1.36. The van der Waals surface area contributed by atoms with Gasteiger partial charge in [-0.05, 0) is 62.5 Å². The predicted molar refractivity (Wildman–Crippen MR) is 214 cm³/mol. The Bertz CT molecular complexity index is 1800. The average Bonchev–Trinajstić information content (AvgIpc) is 3.44. The molecule has 10 heteroatoms. The lowest BCUT2D eigenvalue weighted by molar-refractivity contribution is -0.0545. The van der Waals surface area contributed by atoms with Crippen LogP contribution >= 0.6 is 22.7 Å². The number of esters is 2. The molecule has 284 valence electrons. The lowest BCUT2D eigenvalue weighted by Gasteiger charge is -2.37. The average molecular weight is 759 g/mol. The van der Waals surface area contributed by atoms with Gasteiger partial charge >= 0.3 is 11.9 Å². The molecule has 0 aromatic carbocycles. The number of ether oxygens (including phenoxy) is 2. The van der Waals surface area contributed by atoms with Crippen LogP contribution in [0, 0.1) is 34.5 Å². The molecule has 2 fully saturated rings. The highest BCUT2D eigenvalue weighted by atomic mass is 32.1. The number of carbonyl (C=O) groups is 2. The zero-order valence-electron chi connectivity index (χ0n) is 31.8. The van der Waals surface area contributed by atoms with Crippen LogP contribution in [-0.4, -0.2) is 56.5 Å². The van der Waals surface area contributed by atoms with E-state index in [1.807, 2.05) is 71.1 Å². The topological polar surface area (TPSA) is 119 Å². The third-order valence-electron chi connectivity index (χ3n) is 11.1. The Kier molecular flexibility index (Phi) is 13.5. The number of rotatable bonds is 5. The Morgan fingerprint density at radius 2 is 1.36 bits per heavy atom. The maximum Gasteiger partial charge on any atom is 0.358 e. The van der Waals surface area contributed by atoms with Crippen molar-refractivity contribution in [1.29, 1.82) is 0 Å². The molecule has 53 heavy (non-hydrogen) atoms. The number of allylic oxidation sites excluding steroid dienone is 9. The van der Waals surface area contributed by atoms with Gasteiger partial charge in [-0.15, -0.1) is 22.7 Å². The Morgan fingerprint density at radius 1 is 0.811 bits per heavy atom. The minimum atomic E-state index is -0.800. The van der Waals surface area contributed by atoms with E-state index in [2.05, 4.69) is 53.3 Å². The van der Waals surface area contributed by atoms with Gasteiger partial charge in [0.15, 0.2) is 11.4 Å². The molecule has 2 saturated carbocycles. The number of fused-ring (bicyclic) bond motifs is 10. The fourth-order valence-electron chi connectivity index (χ4n) is 6.43. The van der Waals surface area contributed by atoms with Crippen molar-refractivity contribution in [3.8, 4) is 0 Å². The minimum Gasteiger partial charge on any atom is -0.457 e. The zero-order valence-corrected chi connectivity index (χ0v) is 33.5. The normalized spacial score (nSPS) is 31.3. The molecule has 0 amide bonds. The van der Waals surface area contributed by atoms with Gasteiger partial charge in [-0.1, -0.05) is 107 Å². The first kappa shape index (κ1) is 40.5. The van der Waals surface area contributed by atoms with E-state index in [4.69, 9.17) is 9.47 Å². The van der Waals surface area contributed by atoms with Crippen molar-refractivity contribution < 1.29 is 29.3 Å². The van der Waals surface area contributed by atoms with Crippen LogP contribution in [0.3, 0.4) is 0 Å². The van der Waals surface area contributed by atoms with Crippen molar-refractivity contribution in [3.63, 3.8) is 0 Å². The second kappa shape index (κ2) is 17.6. The summed E-state index contributed by atoms with van der Waals surface area (Å²) in [5.74, 6) is 0.489. The lowest BCUT2D eigenvalue weighted by Crippen LogP contribution is -2.42. The van der Waals surface area contributed by atoms with Gasteiger partial charge in [-0.2, -0.15) is 0 Å². The third-order valence-corrected chi connectivity index (χ3v) is 12.8. The Labute approximate surface area is 322 Å². The molecule has 2 aromatic rings. The van der Waals surface area contributed by atoms with E-state index in [1.165, 1.54) is 28.2 Å². The summed E-state index contributed by atoms with van der Waals surface area (Å²) in [6.45, 7) is 13.4. The van der Waals surface area contributed by atoms with Gasteiger partial charge in [0.2, 0.25) is 0 Å². The lowest BCUT2D eigenvalue weighted by atomic mass is 9.69. The van der Waals surface area contributed by atoms with Gasteiger partial charge in [0.25, 0.3) is 0 Å². The summed E-state index contributed by atoms with van der Waals surface area (Å²) in [7, 11) is 0. The maximum absolute atomic E-state index is 13.4. The third kappa shape index (κ3) is 10.3. The van der Waals surface area contributed by atoms with E-state index in [-0.39, 0.29) is 11.4 Å². The Hall–Kier alpha value is -3.70. The molecule has 0 saturated heterocycles. The molecule has 8 nitrogen and oxygen atoms in total. The predicted octanol–water partition coefficient (Wildman–Crippen LogP) is 9.43. The fourth-order valence-corrected chi connectivity index (χ4v) is 7.81. The molecule has 6 rings (SSSR count). The number of hydrogen-bond acceptors (Lipinski definition) is 10. The molecular weight excluding hydrogens is 705 g/mol. The maximum atomic E-state index is 13.4. The molecule has 2 aliphatic carbocycles. The standard InChI is InChI=1S/C43H54N2O6S2/c1-8-14-35(47)43(6,7)37-20-11-16-29-23-30(27(29)2)17-13-22-39-45-33(26-53-39)40(48)50-36(42(4,5)28(3)46)19-12-18-32-24-31(32)15-9-10-21-38-44-34(25-52-38)41(49)51-37/h8-18,21-22,25-29,31-32,35-37,46-47H,19-20,23-24H2,1-7H3/b14-8+,15-9+,16-11-,18-12-,21-10-,22-13-,30-17+/t27-,28+,29-,31-,32+,35+,36+,37+/m1/s1. The van der Waals surface area contributed by atoms with Gasteiger partial charge in [-0.25, -0.2) is 19.6 Å². The summed E-state index contributed by atoms with van der Waals surface area (Å²) in [6.07, 6.45) is 26.3. The van der Waals surface area contributed by atoms with Gasteiger partial charge < -0.3 is 19.7 Å². The van der Waals surface area contributed by atoms with Gasteiger partial charge in [0.05, 0.1) is 12.2 Å². The van der Waals surface area contributed by atoms with E-state index in [9.17, 15) is 19.8 Å². The zero-order chi connectivity index (χ0) is 38.3.